The van der Waals surface area contributed by atoms with Crippen LogP contribution in [0.4, 0.5) is 5.82 Å². The van der Waals surface area contributed by atoms with Gasteiger partial charge in [0.25, 0.3) is 0 Å². The summed E-state index contributed by atoms with van der Waals surface area (Å²) in [6.07, 6.45) is 4.65. The van der Waals surface area contributed by atoms with Gasteiger partial charge < -0.3 is 10.2 Å². The molecule has 1 aliphatic heterocycles. The number of nitrogens with one attached hydrogen (secondary N) is 1. The first-order chi connectivity index (χ1) is 7.66. The molecule has 1 aliphatic rings. The summed E-state index contributed by atoms with van der Waals surface area (Å²) in [6, 6.07) is 0.258. The molecular formula is C10H13BrN4O. The lowest BCUT2D eigenvalue weighted by molar-refractivity contribution is -0.132. The van der Waals surface area contributed by atoms with Crippen molar-refractivity contribution in [2.24, 2.45) is 0 Å². The largest absolute Gasteiger partial charge is 0.365 e. The van der Waals surface area contributed by atoms with E-state index in [1.54, 1.807) is 11.1 Å². The van der Waals surface area contributed by atoms with E-state index in [1.807, 2.05) is 7.05 Å². The van der Waals surface area contributed by atoms with Gasteiger partial charge in [0.05, 0.1) is 4.47 Å². The maximum absolute atomic E-state index is 11.3. The zero-order valence-corrected chi connectivity index (χ0v) is 10.6. The second kappa shape index (κ2) is 4.78. The first-order valence-corrected chi connectivity index (χ1v) is 5.92. The summed E-state index contributed by atoms with van der Waals surface area (Å²) >= 11 is 3.38. The van der Waals surface area contributed by atoms with E-state index in [-0.39, 0.29) is 11.9 Å². The average Bonchev–Trinajstić information content (AvgIpc) is 2.27. The molecule has 1 unspecified atom stereocenters. The van der Waals surface area contributed by atoms with E-state index >= 15 is 0 Å². The number of nitrogens with zero attached hydrogens (tertiary/aromatic N) is 3. The van der Waals surface area contributed by atoms with Crippen molar-refractivity contribution in [1.29, 1.82) is 0 Å². The number of hydrogen-bond donors (Lipinski definition) is 1. The van der Waals surface area contributed by atoms with E-state index in [0.29, 0.717) is 6.42 Å². The summed E-state index contributed by atoms with van der Waals surface area (Å²) in [7, 11) is 1.82. The predicted octanol–water partition coefficient (Wildman–Crippen LogP) is 1.27. The number of carbonyl (C=O) groups excluding carboxylic acids is 1. The van der Waals surface area contributed by atoms with Gasteiger partial charge in [0, 0.05) is 32.3 Å². The summed E-state index contributed by atoms with van der Waals surface area (Å²) in [5.41, 5.74) is 0. The molecule has 1 aromatic heterocycles. The Kier molecular flexibility index (Phi) is 3.38. The van der Waals surface area contributed by atoms with Gasteiger partial charge in [0.1, 0.15) is 12.1 Å². The highest BCUT2D eigenvalue weighted by molar-refractivity contribution is 9.10. The molecule has 0 aliphatic carbocycles. The molecule has 2 rings (SSSR count). The lowest BCUT2D eigenvalue weighted by atomic mass is 10.1. The molecule has 16 heavy (non-hydrogen) atoms. The van der Waals surface area contributed by atoms with Crippen LogP contribution in [0.25, 0.3) is 0 Å². The van der Waals surface area contributed by atoms with Crippen LogP contribution in [-0.2, 0) is 4.79 Å². The molecule has 2 heterocycles. The van der Waals surface area contributed by atoms with Crippen molar-refractivity contribution in [2.75, 3.05) is 18.9 Å². The first kappa shape index (κ1) is 11.3. The monoisotopic (exact) mass is 284 g/mol. The van der Waals surface area contributed by atoms with Crippen LogP contribution < -0.4 is 5.32 Å². The molecule has 0 bridgehead atoms. The van der Waals surface area contributed by atoms with E-state index in [1.165, 1.54) is 6.33 Å². The number of likely N-dealkylation sites (tertiary alicyclic amines) is 1. The topological polar surface area (TPSA) is 58.1 Å². The van der Waals surface area contributed by atoms with Crippen LogP contribution in [0.3, 0.4) is 0 Å². The number of amides is 1. The summed E-state index contributed by atoms with van der Waals surface area (Å²) in [5.74, 6) is 0.988. The van der Waals surface area contributed by atoms with Gasteiger partial charge in [-0.1, -0.05) is 0 Å². The highest BCUT2D eigenvalue weighted by Gasteiger charge is 2.23. The fourth-order valence-electron chi connectivity index (χ4n) is 1.74. The maximum Gasteiger partial charge on any atom is 0.222 e. The van der Waals surface area contributed by atoms with E-state index in [2.05, 4.69) is 31.2 Å². The van der Waals surface area contributed by atoms with E-state index in [0.717, 1.165) is 23.3 Å². The highest BCUT2D eigenvalue weighted by atomic mass is 79.9. The normalized spacial score (nSPS) is 21.0. The fraction of sp³-hybridized carbons (Fsp3) is 0.500. The molecule has 1 atom stereocenters. The number of likely N-dealkylation sites (N-methyl/N-ethyl adjacent to an activating group) is 1. The molecule has 0 radical (unpaired) electrons. The van der Waals surface area contributed by atoms with Crippen molar-refractivity contribution < 1.29 is 4.79 Å². The predicted molar refractivity (Wildman–Crippen MR) is 64.0 cm³/mol. The molecule has 1 N–H and O–H groups in total. The Morgan fingerprint density at radius 1 is 1.62 bits per heavy atom. The van der Waals surface area contributed by atoms with Crippen LogP contribution in [-0.4, -0.2) is 40.4 Å². The number of carbonyl (C=O) groups is 1. The molecule has 0 spiro atoms. The number of rotatable bonds is 2. The van der Waals surface area contributed by atoms with Gasteiger partial charge in [-0.25, -0.2) is 9.97 Å². The first-order valence-electron chi connectivity index (χ1n) is 5.13. The molecular weight excluding hydrogens is 272 g/mol. The number of hydrogen-bond acceptors (Lipinski definition) is 4. The summed E-state index contributed by atoms with van der Waals surface area (Å²) < 4.78 is 0.842. The van der Waals surface area contributed by atoms with Crippen LogP contribution in [0, 0.1) is 0 Å². The van der Waals surface area contributed by atoms with E-state index < -0.39 is 0 Å². The quantitative estimate of drug-likeness (QED) is 0.889. The third-order valence-electron chi connectivity index (χ3n) is 2.64. The Hall–Kier alpha value is -1.17. The summed E-state index contributed by atoms with van der Waals surface area (Å²) in [5, 5.41) is 3.31. The number of piperidine rings is 1. The molecule has 1 fully saturated rings. The molecule has 5 nitrogen and oxygen atoms in total. The Morgan fingerprint density at radius 3 is 3.12 bits per heavy atom. The Labute approximate surface area is 102 Å². The SMILES string of the molecule is CN1CC(Nc2ncncc2Br)CCC1=O. The second-order valence-electron chi connectivity index (χ2n) is 3.87. The summed E-state index contributed by atoms with van der Waals surface area (Å²) in [4.78, 5) is 21.1. The van der Waals surface area contributed by atoms with Gasteiger partial charge >= 0.3 is 0 Å². The molecule has 0 saturated carbocycles. The molecule has 1 aromatic rings. The highest BCUT2D eigenvalue weighted by Crippen LogP contribution is 2.20. The minimum atomic E-state index is 0.208. The Morgan fingerprint density at radius 2 is 2.44 bits per heavy atom. The van der Waals surface area contributed by atoms with E-state index in [4.69, 9.17) is 0 Å². The van der Waals surface area contributed by atoms with Crippen molar-refractivity contribution in [2.45, 2.75) is 18.9 Å². The van der Waals surface area contributed by atoms with Crippen LogP contribution in [0.2, 0.25) is 0 Å². The van der Waals surface area contributed by atoms with Crippen molar-refractivity contribution >= 4 is 27.7 Å². The minimum Gasteiger partial charge on any atom is -0.365 e. The number of halogens is 1. The van der Waals surface area contributed by atoms with Crippen molar-refractivity contribution in [1.82, 2.24) is 14.9 Å². The third-order valence-corrected chi connectivity index (χ3v) is 3.22. The van der Waals surface area contributed by atoms with Crippen molar-refractivity contribution in [3.05, 3.63) is 17.0 Å². The van der Waals surface area contributed by atoms with Gasteiger partial charge in [0.2, 0.25) is 5.91 Å². The van der Waals surface area contributed by atoms with Crippen molar-refractivity contribution in [3.8, 4) is 0 Å². The van der Waals surface area contributed by atoms with Gasteiger partial charge in [-0.3, -0.25) is 4.79 Å². The van der Waals surface area contributed by atoms with Crippen LogP contribution in [0.15, 0.2) is 17.0 Å². The zero-order valence-electron chi connectivity index (χ0n) is 8.98. The van der Waals surface area contributed by atoms with Crippen LogP contribution in [0.1, 0.15) is 12.8 Å². The Bertz CT molecular complexity index is 398. The van der Waals surface area contributed by atoms with Crippen LogP contribution >= 0.6 is 15.9 Å². The van der Waals surface area contributed by atoms with Gasteiger partial charge in [-0.05, 0) is 22.4 Å². The smallest absolute Gasteiger partial charge is 0.222 e. The average molecular weight is 285 g/mol. The van der Waals surface area contributed by atoms with Gasteiger partial charge in [0.15, 0.2) is 0 Å². The molecule has 1 amide bonds. The van der Waals surface area contributed by atoms with Gasteiger partial charge in [-0.2, -0.15) is 0 Å². The zero-order chi connectivity index (χ0) is 11.5. The standard InChI is InChI=1S/C10H13BrN4O/c1-15-5-7(2-3-9(15)16)14-10-8(11)4-12-6-13-10/h4,6-7H,2-3,5H2,1H3,(H,12,13,14). The summed E-state index contributed by atoms with van der Waals surface area (Å²) in [6.45, 7) is 0.718. The third kappa shape index (κ3) is 2.49. The lowest BCUT2D eigenvalue weighted by Gasteiger charge is -2.30. The fourth-order valence-corrected chi connectivity index (χ4v) is 2.08. The molecule has 6 heteroatoms. The molecule has 0 aromatic carbocycles. The molecule has 1 saturated heterocycles. The number of aromatic nitrogens is 2. The van der Waals surface area contributed by atoms with Gasteiger partial charge in [-0.15, -0.1) is 0 Å². The number of anilines is 1. The second-order valence-corrected chi connectivity index (χ2v) is 4.73. The van der Waals surface area contributed by atoms with E-state index in [9.17, 15) is 4.79 Å². The Balaban J connectivity index is 2.01. The van der Waals surface area contributed by atoms with Crippen molar-refractivity contribution in [3.63, 3.8) is 0 Å². The maximum atomic E-state index is 11.3. The minimum absolute atomic E-state index is 0.208. The van der Waals surface area contributed by atoms with Crippen LogP contribution in [0.5, 0.6) is 0 Å². The molecule has 86 valence electrons. The lowest BCUT2D eigenvalue weighted by Crippen LogP contribution is -2.43.